The third-order valence-corrected chi connectivity index (χ3v) is 4.07. The van der Waals surface area contributed by atoms with E-state index in [4.69, 9.17) is 18.4 Å². The Bertz CT molecular complexity index is 913. The topological polar surface area (TPSA) is 40.8 Å². The van der Waals surface area contributed by atoms with Gasteiger partial charge in [0, 0.05) is 6.42 Å². The minimum absolute atomic E-state index is 0.653. The molecule has 0 bridgehead atoms. The van der Waals surface area contributed by atoms with E-state index in [1.54, 1.807) is 6.26 Å². The molecule has 0 radical (unpaired) electrons. The highest BCUT2D eigenvalue weighted by molar-refractivity contribution is 6.39. The molecule has 0 unspecified atom stereocenters. The van der Waals surface area contributed by atoms with Gasteiger partial charge in [0.25, 0.3) is 0 Å². The number of para-hydroxylation sites is 2. The van der Waals surface area contributed by atoms with Crippen molar-refractivity contribution in [3.63, 3.8) is 0 Å². The predicted molar refractivity (Wildman–Crippen MR) is 108 cm³/mol. The molecule has 4 aromatic rings. The molecule has 0 aliphatic rings. The van der Waals surface area contributed by atoms with E-state index in [2.05, 4.69) is 0 Å². The molecule has 0 fully saturated rings. The van der Waals surface area contributed by atoms with Crippen LogP contribution in [-0.2, 0) is 6.42 Å². The van der Waals surface area contributed by atoms with E-state index in [1.165, 1.54) is 0 Å². The molecule has 0 spiro atoms. The van der Waals surface area contributed by atoms with Crippen LogP contribution in [0.5, 0.6) is 17.2 Å². The van der Waals surface area contributed by atoms with Crippen molar-refractivity contribution in [2.24, 2.45) is 0 Å². The molecule has 0 saturated carbocycles. The van der Waals surface area contributed by atoms with Gasteiger partial charge in [-0.25, -0.2) is 0 Å². The molecular weight excluding hydrogens is 351 g/mol. The van der Waals surface area contributed by atoms with Crippen LogP contribution >= 0.6 is 0 Å². The van der Waals surface area contributed by atoms with Crippen LogP contribution in [-0.4, -0.2) is 7.32 Å². The van der Waals surface area contributed by atoms with E-state index in [0.29, 0.717) is 17.2 Å². The molecule has 3 aromatic carbocycles. The summed E-state index contributed by atoms with van der Waals surface area (Å²) in [6.07, 6.45) is 2.41. The van der Waals surface area contributed by atoms with Gasteiger partial charge in [0.05, 0.1) is 6.26 Å². The Hall–Kier alpha value is -3.60. The van der Waals surface area contributed by atoms with Crippen molar-refractivity contribution < 1.29 is 18.4 Å². The Kier molecular flexibility index (Phi) is 5.64. The molecule has 0 aliphatic heterocycles. The fourth-order valence-corrected chi connectivity index (χ4v) is 2.70. The zero-order chi connectivity index (χ0) is 19.0. The Morgan fingerprint density at radius 2 is 1.11 bits per heavy atom. The van der Waals surface area contributed by atoms with Crippen molar-refractivity contribution in [3.05, 3.63) is 115 Å². The van der Waals surface area contributed by atoms with Crippen LogP contribution in [0.25, 0.3) is 0 Å². The zero-order valence-corrected chi connectivity index (χ0v) is 15.2. The van der Waals surface area contributed by atoms with Crippen LogP contribution in [0.2, 0.25) is 0 Å². The minimum atomic E-state index is -0.916. The van der Waals surface area contributed by atoms with Gasteiger partial charge < -0.3 is 18.4 Å². The number of benzene rings is 3. The fourth-order valence-electron chi connectivity index (χ4n) is 2.70. The SMILES string of the molecule is c1ccc(OB(Oc2ccccc2)Oc2ccc(Cc3ccco3)cc2)cc1. The summed E-state index contributed by atoms with van der Waals surface area (Å²) >= 11 is 0. The van der Waals surface area contributed by atoms with E-state index < -0.39 is 7.32 Å². The second kappa shape index (κ2) is 8.86. The van der Waals surface area contributed by atoms with Gasteiger partial charge in [-0.2, -0.15) is 0 Å². The highest BCUT2D eigenvalue weighted by Gasteiger charge is 2.30. The lowest BCUT2D eigenvalue weighted by Gasteiger charge is -2.16. The monoisotopic (exact) mass is 370 g/mol. The van der Waals surface area contributed by atoms with Crippen LogP contribution in [0.3, 0.4) is 0 Å². The van der Waals surface area contributed by atoms with Crippen LogP contribution in [0, 0.1) is 0 Å². The lowest BCUT2D eigenvalue weighted by Crippen LogP contribution is -2.36. The average Bonchev–Trinajstić information content (AvgIpc) is 3.24. The summed E-state index contributed by atoms with van der Waals surface area (Å²) in [6, 6.07) is 30.5. The van der Waals surface area contributed by atoms with Crippen molar-refractivity contribution in [3.8, 4) is 17.2 Å². The summed E-state index contributed by atoms with van der Waals surface area (Å²) in [5.41, 5.74) is 1.13. The van der Waals surface area contributed by atoms with Crippen molar-refractivity contribution in [2.75, 3.05) is 0 Å². The molecule has 138 valence electrons. The highest BCUT2D eigenvalue weighted by atomic mass is 16.7. The second-order valence-electron chi connectivity index (χ2n) is 6.17. The molecule has 1 heterocycles. The largest absolute Gasteiger partial charge is 0.864 e. The molecule has 28 heavy (non-hydrogen) atoms. The lowest BCUT2D eigenvalue weighted by atomic mass is 10.1. The van der Waals surface area contributed by atoms with Crippen molar-refractivity contribution in [2.45, 2.75) is 6.42 Å². The lowest BCUT2D eigenvalue weighted by molar-refractivity contribution is 0.307. The van der Waals surface area contributed by atoms with Crippen molar-refractivity contribution in [1.29, 1.82) is 0 Å². The third-order valence-electron chi connectivity index (χ3n) is 4.07. The molecular formula is C23H19BO4. The summed E-state index contributed by atoms with van der Waals surface area (Å²) in [4.78, 5) is 0. The van der Waals surface area contributed by atoms with E-state index in [9.17, 15) is 0 Å². The first-order chi connectivity index (χ1) is 13.8. The maximum Gasteiger partial charge on any atom is 0.864 e. The van der Waals surface area contributed by atoms with Gasteiger partial charge in [-0.15, -0.1) is 0 Å². The highest BCUT2D eigenvalue weighted by Crippen LogP contribution is 2.19. The smallest absolute Gasteiger partial charge is 0.490 e. The summed E-state index contributed by atoms with van der Waals surface area (Å²) in [5, 5.41) is 0. The van der Waals surface area contributed by atoms with E-state index in [1.807, 2.05) is 97.1 Å². The summed E-state index contributed by atoms with van der Waals surface area (Å²) in [5.74, 6) is 2.90. The minimum Gasteiger partial charge on any atom is -0.490 e. The van der Waals surface area contributed by atoms with Crippen LogP contribution in [0.4, 0.5) is 0 Å². The van der Waals surface area contributed by atoms with Gasteiger partial charge in [-0.3, -0.25) is 0 Å². The first kappa shape index (κ1) is 17.8. The normalized spacial score (nSPS) is 10.3. The third kappa shape index (κ3) is 4.98. The maximum atomic E-state index is 5.94. The van der Waals surface area contributed by atoms with E-state index in [0.717, 1.165) is 17.7 Å². The van der Waals surface area contributed by atoms with Crippen molar-refractivity contribution >= 4 is 7.32 Å². The average molecular weight is 370 g/mol. The summed E-state index contributed by atoms with van der Waals surface area (Å²) < 4.78 is 23.1. The molecule has 4 nitrogen and oxygen atoms in total. The van der Waals surface area contributed by atoms with Gasteiger partial charge in [0.2, 0.25) is 0 Å². The zero-order valence-electron chi connectivity index (χ0n) is 15.2. The van der Waals surface area contributed by atoms with E-state index in [-0.39, 0.29) is 0 Å². The van der Waals surface area contributed by atoms with Crippen LogP contribution in [0.1, 0.15) is 11.3 Å². The molecule has 0 atom stereocenters. The molecule has 1 aromatic heterocycles. The van der Waals surface area contributed by atoms with Crippen LogP contribution in [0.15, 0.2) is 108 Å². The maximum absolute atomic E-state index is 5.94. The standard InChI is InChI=1S/C23H19BO4/c1-3-8-20(9-4-1)26-24(27-21-10-5-2-6-11-21)28-22-15-13-19(14-16-22)18-23-12-7-17-25-23/h1-17H,18H2. The van der Waals surface area contributed by atoms with Crippen molar-refractivity contribution in [1.82, 2.24) is 0 Å². The molecule has 0 saturated heterocycles. The second-order valence-corrected chi connectivity index (χ2v) is 6.17. The molecule has 4 rings (SSSR count). The Balaban J connectivity index is 1.46. The first-order valence-electron chi connectivity index (χ1n) is 9.06. The van der Waals surface area contributed by atoms with Gasteiger partial charge in [-0.05, 0) is 54.1 Å². The summed E-state index contributed by atoms with van der Waals surface area (Å²) in [7, 11) is -0.916. The molecule has 5 heteroatoms. The van der Waals surface area contributed by atoms with Gasteiger partial charge in [0.15, 0.2) is 0 Å². The summed E-state index contributed by atoms with van der Waals surface area (Å²) in [6.45, 7) is 0. The van der Waals surface area contributed by atoms with Crippen LogP contribution < -0.4 is 14.0 Å². The van der Waals surface area contributed by atoms with Gasteiger partial charge in [0.1, 0.15) is 23.0 Å². The Morgan fingerprint density at radius 1 is 0.571 bits per heavy atom. The predicted octanol–water partition coefficient (Wildman–Crippen LogP) is 5.39. The number of furan rings is 1. The molecule has 0 N–H and O–H groups in total. The quantitative estimate of drug-likeness (QED) is 0.390. The Morgan fingerprint density at radius 3 is 1.61 bits per heavy atom. The number of rotatable bonds is 8. The molecule has 0 amide bonds. The number of hydrogen-bond donors (Lipinski definition) is 0. The van der Waals surface area contributed by atoms with E-state index >= 15 is 0 Å². The first-order valence-corrected chi connectivity index (χ1v) is 9.06. The Labute approximate surface area is 164 Å². The fraction of sp³-hybridized carbons (Fsp3) is 0.0435. The van der Waals surface area contributed by atoms with Gasteiger partial charge >= 0.3 is 7.32 Å². The number of hydrogen-bond acceptors (Lipinski definition) is 4. The molecule has 0 aliphatic carbocycles. The van der Waals surface area contributed by atoms with Gasteiger partial charge in [-0.1, -0.05) is 48.5 Å².